The number of aromatic nitrogens is 2. The van der Waals surface area contributed by atoms with Crippen LogP contribution in [-0.2, 0) is 10.8 Å². The monoisotopic (exact) mass is 506 g/mol. The summed E-state index contributed by atoms with van der Waals surface area (Å²) < 4.78 is 12.9. The lowest BCUT2D eigenvalue weighted by molar-refractivity contribution is 0.154. The van der Waals surface area contributed by atoms with Gasteiger partial charge in [0.15, 0.2) is 8.32 Å². The molecule has 35 heavy (non-hydrogen) atoms. The van der Waals surface area contributed by atoms with Crippen LogP contribution in [0.4, 0.5) is 5.69 Å². The van der Waals surface area contributed by atoms with Crippen LogP contribution in [-0.4, -0.2) is 24.6 Å². The van der Waals surface area contributed by atoms with Gasteiger partial charge in [0.2, 0.25) is 17.5 Å². The summed E-state index contributed by atoms with van der Waals surface area (Å²) in [7, 11) is -2.07. The highest BCUT2D eigenvalue weighted by molar-refractivity contribution is 6.74. The molecule has 3 aromatic rings. The second-order valence-corrected chi connectivity index (χ2v) is 15.5. The van der Waals surface area contributed by atoms with Crippen LogP contribution in [0.5, 0.6) is 0 Å². The number of nitrogens with zero attached hydrogens (tertiary/aromatic N) is 4. The van der Waals surface area contributed by atoms with E-state index in [1.165, 1.54) is 0 Å². The molecule has 0 unspecified atom stereocenters. The number of rotatable bonds is 7. The van der Waals surface area contributed by atoms with Crippen LogP contribution in [0.3, 0.4) is 0 Å². The van der Waals surface area contributed by atoms with Crippen LogP contribution in [0.15, 0.2) is 40.8 Å². The largest absolute Gasteiger partial charge is 0.420 e. The van der Waals surface area contributed by atoms with Crippen LogP contribution >= 0.6 is 11.6 Å². The van der Waals surface area contributed by atoms with Crippen LogP contribution in [0.25, 0.3) is 16.3 Å². The molecule has 6 nitrogen and oxygen atoms in total. The van der Waals surface area contributed by atoms with Gasteiger partial charge in [-0.1, -0.05) is 44.5 Å². The molecule has 0 saturated heterocycles. The zero-order valence-corrected chi connectivity index (χ0v) is 23.1. The molecule has 0 spiro atoms. The number of nitriles is 1. The van der Waals surface area contributed by atoms with Crippen molar-refractivity contribution >= 4 is 25.6 Å². The maximum atomic E-state index is 9.06. The summed E-state index contributed by atoms with van der Waals surface area (Å²) in [5.41, 5.74) is 3.64. The summed E-state index contributed by atoms with van der Waals surface area (Å²) >= 11 is 6.47. The highest BCUT2D eigenvalue weighted by Gasteiger charge is 2.41. The zero-order chi connectivity index (χ0) is 26.0. The van der Waals surface area contributed by atoms with E-state index >= 15 is 0 Å². The molecule has 3 rings (SSSR count). The summed E-state index contributed by atoms with van der Waals surface area (Å²) in [5.74, 6) is 0.671. The molecule has 2 aromatic carbocycles. The first-order valence-corrected chi connectivity index (χ1v) is 14.8. The van der Waals surface area contributed by atoms with Crippen molar-refractivity contribution in [1.82, 2.24) is 10.2 Å². The van der Waals surface area contributed by atoms with Gasteiger partial charge in [-0.3, -0.25) is 0 Å². The van der Waals surface area contributed by atoms with Crippen molar-refractivity contribution in [2.75, 3.05) is 0 Å². The smallest absolute Gasteiger partial charge is 0.247 e. The van der Waals surface area contributed by atoms with Crippen LogP contribution < -0.4 is 0 Å². The minimum absolute atomic E-state index is 0.0464. The molecule has 0 bridgehead atoms. The van der Waals surface area contributed by atoms with E-state index in [-0.39, 0.29) is 17.1 Å². The molecular weight excluding hydrogens is 476 g/mol. The third-order valence-corrected chi connectivity index (χ3v) is 12.0. The first-order chi connectivity index (χ1) is 16.4. The molecular formula is C27H31ClN4O2Si. The first-order valence-electron chi connectivity index (χ1n) is 11.5. The minimum atomic E-state index is -2.07. The third-order valence-electron chi connectivity index (χ3n) is 6.91. The Morgan fingerprint density at radius 1 is 1.17 bits per heavy atom. The average molecular weight is 507 g/mol. The van der Waals surface area contributed by atoms with Crippen LogP contribution in [0, 0.1) is 24.8 Å². The van der Waals surface area contributed by atoms with E-state index in [9.17, 15) is 0 Å². The molecule has 0 amide bonds. The number of halogens is 1. The molecule has 182 valence electrons. The predicted octanol–water partition coefficient (Wildman–Crippen LogP) is 7.86. The lowest BCUT2D eigenvalue weighted by atomic mass is 9.92. The Morgan fingerprint density at radius 2 is 1.83 bits per heavy atom. The maximum absolute atomic E-state index is 9.06. The Morgan fingerprint density at radius 3 is 2.40 bits per heavy atom. The Bertz CT molecular complexity index is 1280. The van der Waals surface area contributed by atoms with Crippen molar-refractivity contribution in [1.29, 1.82) is 5.26 Å². The number of hydrogen-bond acceptors (Lipinski definition) is 5. The normalized spacial score (nSPS) is 13.7. The predicted molar refractivity (Wildman–Crippen MR) is 141 cm³/mol. The highest BCUT2D eigenvalue weighted by Crippen LogP contribution is 2.40. The van der Waals surface area contributed by atoms with E-state index in [0.717, 1.165) is 16.7 Å². The van der Waals surface area contributed by atoms with Gasteiger partial charge in [0.1, 0.15) is 0 Å². The Hall–Kier alpha value is -2.97. The van der Waals surface area contributed by atoms with Crippen LogP contribution in [0.1, 0.15) is 56.2 Å². The summed E-state index contributed by atoms with van der Waals surface area (Å²) in [6.45, 7) is 22.4. The molecule has 8 heteroatoms. The SMILES string of the molecule is [C-]#[N+]c1ccc(C[C@@H](c2nnc(-c3ccc(C#N)cc3)o2)[C@H](C)O[Si](C)(C)C(C)(C)C)c(C)c1Cl. The second-order valence-electron chi connectivity index (χ2n) is 10.3. The van der Waals surface area contributed by atoms with E-state index < -0.39 is 8.32 Å². The van der Waals surface area contributed by atoms with E-state index in [1.54, 1.807) is 30.3 Å². The topological polar surface area (TPSA) is 76.3 Å². The molecule has 1 aromatic heterocycles. The van der Waals surface area contributed by atoms with Crippen molar-refractivity contribution in [3.63, 3.8) is 0 Å². The van der Waals surface area contributed by atoms with E-state index in [1.807, 2.05) is 13.0 Å². The van der Waals surface area contributed by atoms with Gasteiger partial charge in [0, 0.05) is 5.56 Å². The zero-order valence-electron chi connectivity index (χ0n) is 21.3. The number of hydrogen-bond donors (Lipinski definition) is 0. The fourth-order valence-electron chi connectivity index (χ4n) is 3.62. The molecule has 0 aliphatic carbocycles. The van der Waals surface area contributed by atoms with Crippen molar-refractivity contribution in [2.45, 2.75) is 71.2 Å². The molecule has 0 N–H and O–H groups in total. The molecule has 0 aliphatic heterocycles. The van der Waals surface area contributed by atoms with Crippen molar-refractivity contribution < 1.29 is 8.84 Å². The Labute approximate surface area is 213 Å². The summed E-state index contributed by atoms with van der Waals surface area (Å²) in [6, 6.07) is 12.9. The molecule has 0 radical (unpaired) electrons. The van der Waals surface area contributed by atoms with Gasteiger partial charge in [0.25, 0.3) is 0 Å². The molecule has 2 atom stereocenters. The average Bonchev–Trinajstić information content (AvgIpc) is 3.29. The van der Waals surface area contributed by atoms with E-state index in [4.69, 9.17) is 32.3 Å². The Balaban J connectivity index is 2.00. The first kappa shape index (κ1) is 26.6. The van der Waals surface area contributed by atoms with Gasteiger partial charge in [0.05, 0.1) is 35.2 Å². The van der Waals surface area contributed by atoms with Gasteiger partial charge >= 0.3 is 0 Å². The summed E-state index contributed by atoms with van der Waals surface area (Å²) in [4.78, 5) is 3.51. The molecule has 0 fully saturated rings. The third kappa shape index (κ3) is 5.82. The quantitative estimate of drug-likeness (QED) is 0.241. The molecule has 1 heterocycles. The fraction of sp³-hybridized carbons (Fsp3) is 0.407. The van der Waals surface area contributed by atoms with Crippen molar-refractivity contribution in [3.05, 3.63) is 75.4 Å². The molecule has 0 aliphatic rings. The number of benzene rings is 2. The van der Waals surface area contributed by atoms with Gasteiger partial charge < -0.3 is 8.84 Å². The van der Waals surface area contributed by atoms with Crippen molar-refractivity contribution in [2.24, 2.45) is 0 Å². The fourth-order valence-corrected chi connectivity index (χ4v) is 5.30. The molecule has 0 saturated carbocycles. The minimum Gasteiger partial charge on any atom is -0.420 e. The van der Waals surface area contributed by atoms with E-state index in [2.05, 4.69) is 61.9 Å². The van der Waals surface area contributed by atoms with Gasteiger partial charge in [-0.15, -0.1) is 10.2 Å². The van der Waals surface area contributed by atoms with Crippen LogP contribution in [0.2, 0.25) is 23.2 Å². The summed E-state index contributed by atoms with van der Waals surface area (Å²) in [5, 5.41) is 18.3. The lowest BCUT2D eigenvalue weighted by Gasteiger charge is -2.40. The summed E-state index contributed by atoms with van der Waals surface area (Å²) in [6.07, 6.45) is 0.387. The van der Waals surface area contributed by atoms with Gasteiger partial charge in [-0.05, 0) is 73.8 Å². The van der Waals surface area contributed by atoms with E-state index in [0.29, 0.717) is 34.5 Å². The standard InChI is InChI=1S/C27H31ClN4O2Si/c1-17-21(13-14-23(30-6)24(17)28)15-22(18(2)34-35(7,8)27(3,4)5)26-32-31-25(33-26)20-11-9-19(16-29)10-12-20/h9-14,18,22H,15H2,1-5,7-8H3/t18-,22+/m0/s1. The highest BCUT2D eigenvalue weighted by atomic mass is 35.5. The van der Waals surface area contributed by atoms with Gasteiger partial charge in [-0.25, -0.2) is 4.85 Å². The van der Waals surface area contributed by atoms with Gasteiger partial charge in [-0.2, -0.15) is 5.26 Å². The maximum Gasteiger partial charge on any atom is 0.247 e. The Kier molecular flexibility index (Phi) is 7.86. The second kappa shape index (κ2) is 10.3. The lowest BCUT2D eigenvalue weighted by Crippen LogP contribution is -2.44. The van der Waals surface area contributed by atoms with Crippen molar-refractivity contribution in [3.8, 4) is 17.5 Å².